The molecule has 0 saturated heterocycles. The van der Waals surface area contributed by atoms with E-state index in [4.69, 9.17) is 15.2 Å². The molecule has 0 aliphatic rings. The molecule has 0 heterocycles. The largest absolute Gasteiger partial charge is 0.383 e. The van der Waals surface area contributed by atoms with Crippen molar-refractivity contribution in [3.63, 3.8) is 0 Å². The van der Waals surface area contributed by atoms with E-state index in [0.717, 1.165) is 5.56 Å². The van der Waals surface area contributed by atoms with Crippen molar-refractivity contribution in [3.8, 4) is 0 Å². The van der Waals surface area contributed by atoms with Crippen molar-refractivity contribution < 1.29 is 14.3 Å². The minimum absolute atomic E-state index is 0. The van der Waals surface area contributed by atoms with Crippen molar-refractivity contribution in [2.75, 3.05) is 26.9 Å². The maximum atomic E-state index is 11.4. The third-order valence-electron chi connectivity index (χ3n) is 2.34. The number of hydrogen-bond donors (Lipinski definition) is 2. The van der Waals surface area contributed by atoms with Crippen LogP contribution in [0.2, 0.25) is 0 Å². The van der Waals surface area contributed by atoms with Crippen LogP contribution in [-0.4, -0.2) is 38.8 Å². The first-order valence-electron chi connectivity index (χ1n) is 5.88. The Balaban J connectivity index is 0.00000324. The smallest absolute Gasteiger partial charge is 0.239 e. The van der Waals surface area contributed by atoms with E-state index in [1.165, 1.54) is 7.11 Å². The van der Waals surface area contributed by atoms with Crippen LogP contribution < -0.4 is 11.1 Å². The van der Waals surface area contributed by atoms with Crippen LogP contribution in [0.1, 0.15) is 5.56 Å². The second-order valence-corrected chi connectivity index (χ2v) is 3.89. The number of methoxy groups -OCH3 is 1. The lowest BCUT2D eigenvalue weighted by Gasteiger charge is -2.11. The Morgan fingerprint density at radius 3 is 2.68 bits per heavy atom. The molecule has 108 valence electrons. The van der Waals surface area contributed by atoms with Crippen LogP contribution in [0.3, 0.4) is 0 Å². The number of benzene rings is 1. The highest BCUT2D eigenvalue weighted by atomic mass is 35.5. The molecule has 1 amide bonds. The molecule has 0 aliphatic carbocycles. The van der Waals surface area contributed by atoms with Crippen molar-refractivity contribution in [3.05, 3.63) is 35.9 Å². The predicted molar refractivity (Wildman–Crippen MR) is 76.2 cm³/mol. The van der Waals surface area contributed by atoms with Crippen molar-refractivity contribution >= 4 is 18.3 Å². The molecular formula is C13H21ClN2O3. The maximum absolute atomic E-state index is 11.4. The van der Waals surface area contributed by atoms with Gasteiger partial charge in [0.25, 0.3) is 0 Å². The number of carbonyl (C=O) groups is 1. The second kappa shape index (κ2) is 10.8. The lowest BCUT2D eigenvalue weighted by atomic mass is 10.2. The van der Waals surface area contributed by atoms with Crippen molar-refractivity contribution in [1.82, 2.24) is 5.32 Å². The van der Waals surface area contributed by atoms with Gasteiger partial charge in [0.05, 0.1) is 19.8 Å². The van der Waals surface area contributed by atoms with Gasteiger partial charge in [-0.3, -0.25) is 4.79 Å². The number of ether oxygens (including phenoxy) is 2. The Morgan fingerprint density at radius 1 is 1.37 bits per heavy atom. The number of amides is 1. The number of hydrogen-bond acceptors (Lipinski definition) is 4. The number of rotatable bonds is 8. The standard InChI is InChI=1S/C13H20N2O3.ClH/c1-17-10-12(14)13(16)15-7-8-18-9-11-5-3-2-4-6-11;/h2-6,12H,7-10,14H2,1H3,(H,15,16);1H. The monoisotopic (exact) mass is 288 g/mol. The highest BCUT2D eigenvalue weighted by Crippen LogP contribution is 1.99. The van der Waals surface area contributed by atoms with Gasteiger partial charge < -0.3 is 20.5 Å². The van der Waals surface area contributed by atoms with Gasteiger partial charge in [-0.15, -0.1) is 12.4 Å². The number of nitrogens with one attached hydrogen (secondary N) is 1. The molecule has 1 atom stereocenters. The fourth-order valence-electron chi connectivity index (χ4n) is 1.40. The van der Waals surface area contributed by atoms with Crippen LogP contribution in [0.25, 0.3) is 0 Å². The van der Waals surface area contributed by atoms with Gasteiger partial charge in [-0.1, -0.05) is 30.3 Å². The van der Waals surface area contributed by atoms with Gasteiger partial charge in [-0.25, -0.2) is 0 Å². The molecule has 1 aromatic carbocycles. The molecule has 1 aromatic rings. The van der Waals surface area contributed by atoms with Gasteiger partial charge in [0.15, 0.2) is 0 Å². The molecule has 1 rings (SSSR count). The maximum Gasteiger partial charge on any atom is 0.239 e. The first-order valence-corrected chi connectivity index (χ1v) is 5.88. The highest BCUT2D eigenvalue weighted by molar-refractivity contribution is 5.85. The predicted octanol–water partition coefficient (Wildman–Crippen LogP) is 0.715. The zero-order valence-corrected chi connectivity index (χ0v) is 11.8. The van der Waals surface area contributed by atoms with E-state index in [1.54, 1.807) is 0 Å². The van der Waals surface area contributed by atoms with Crippen LogP contribution >= 0.6 is 12.4 Å². The van der Waals surface area contributed by atoms with E-state index in [9.17, 15) is 4.79 Å². The molecule has 1 unspecified atom stereocenters. The molecule has 0 bridgehead atoms. The van der Waals surface area contributed by atoms with Crippen LogP contribution in [-0.2, 0) is 20.9 Å². The van der Waals surface area contributed by atoms with E-state index in [2.05, 4.69) is 5.32 Å². The van der Waals surface area contributed by atoms with Gasteiger partial charge in [0.2, 0.25) is 5.91 Å². The molecule has 0 aliphatic heterocycles. The first-order chi connectivity index (χ1) is 8.74. The van der Waals surface area contributed by atoms with E-state index in [1.807, 2.05) is 30.3 Å². The van der Waals surface area contributed by atoms with E-state index in [0.29, 0.717) is 19.8 Å². The van der Waals surface area contributed by atoms with Crippen LogP contribution in [0.4, 0.5) is 0 Å². The second-order valence-electron chi connectivity index (χ2n) is 3.89. The summed E-state index contributed by atoms with van der Waals surface area (Å²) >= 11 is 0. The Bertz CT molecular complexity index is 349. The average molecular weight is 289 g/mol. The highest BCUT2D eigenvalue weighted by Gasteiger charge is 2.11. The molecule has 5 nitrogen and oxygen atoms in total. The van der Waals surface area contributed by atoms with Crippen LogP contribution in [0, 0.1) is 0 Å². The summed E-state index contributed by atoms with van der Waals surface area (Å²) < 4.78 is 10.2. The molecule has 0 radical (unpaired) electrons. The van der Waals surface area contributed by atoms with Gasteiger partial charge in [-0.2, -0.15) is 0 Å². The summed E-state index contributed by atoms with van der Waals surface area (Å²) in [5, 5.41) is 2.68. The van der Waals surface area contributed by atoms with Gasteiger partial charge in [-0.05, 0) is 5.56 Å². The third-order valence-corrected chi connectivity index (χ3v) is 2.34. The molecular weight excluding hydrogens is 268 g/mol. The minimum Gasteiger partial charge on any atom is -0.383 e. The summed E-state index contributed by atoms with van der Waals surface area (Å²) in [5.74, 6) is -0.222. The first kappa shape index (κ1) is 17.9. The Hall–Kier alpha value is -1.14. The molecule has 19 heavy (non-hydrogen) atoms. The number of carbonyl (C=O) groups excluding carboxylic acids is 1. The molecule has 3 N–H and O–H groups in total. The summed E-state index contributed by atoms with van der Waals surface area (Å²) in [6.45, 7) is 1.67. The molecule has 6 heteroatoms. The van der Waals surface area contributed by atoms with Gasteiger partial charge in [0, 0.05) is 13.7 Å². The fourth-order valence-corrected chi connectivity index (χ4v) is 1.40. The summed E-state index contributed by atoms with van der Waals surface area (Å²) in [7, 11) is 1.51. The normalized spacial score (nSPS) is 11.5. The van der Waals surface area contributed by atoms with E-state index in [-0.39, 0.29) is 24.9 Å². The van der Waals surface area contributed by atoms with Gasteiger partial charge >= 0.3 is 0 Å². The number of nitrogens with two attached hydrogens (primary N) is 1. The average Bonchev–Trinajstić information content (AvgIpc) is 2.39. The van der Waals surface area contributed by atoms with Crippen molar-refractivity contribution in [2.24, 2.45) is 5.73 Å². The summed E-state index contributed by atoms with van der Waals surface area (Å²) in [6.07, 6.45) is 0. The molecule has 0 spiro atoms. The van der Waals surface area contributed by atoms with Crippen molar-refractivity contribution in [2.45, 2.75) is 12.6 Å². The minimum atomic E-state index is -0.621. The topological polar surface area (TPSA) is 73.6 Å². The Labute approximate surface area is 119 Å². The SMILES string of the molecule is COCC(N)C(=O)NCCOCc1ccccc1.Cl. The molecule has 0 aromatic heterocycles. The fraction of sp³-hybridized carbons (Fsp3) is 0.462. The van der Waals surface area contributed by atoms with Crippen LogP contribution in [0.15, 0.2) is 30.3 Å². The number of halogens is 1. The molecule has 0 saturated carbocycles. The van der Waals surface area contributed by atoms with Gasteiger partial charge in [0.1, 0.15) is 6.04 Å². The summed E-state index contributed by atoms with van der Waals surface area (Å²) in [5.41, 5.74) is 6.67. The quantitative estimate of drug-likeness (QED) is 0.691. The third kappa shape index (κ3) is 7.79. The zero-order valence-electron chi connectivity index (χ0n) is 11.0. The Morgan fingerprint density at radius 2 is 2.05 bits per heavy atom. The lowest BCUT2D eigenvalue weighted by Crippen LogP contribution is -2.44. The zero-order chi connectivity index (χ0) is 13.2. The summed E-state index contributed by atoms with van der Waals surface area (Å²) in [4.78, 5) is 11.4. The Kier molecular flexibility index (Phi) is 10.1. The lowest BCUT2D eigenvalue weighted by molar-refractivity contribution is -0.123. The summed E-state index contributed by atoms with van der Waals surface area (Å²) in [6, 6.07) is 9.25. The van der Waals surface area contributed by atoms with E-state index < -0.39 is 6.04 Å². The van der Waals surface area contributed by atoms with E-state index >= 15 is 0 Å². The van der Waals surface area contributed by atoms with Crippen molar-refractivity contribution in [1.29, 1.82) is 0 Å². The molecule has 0 fully saturated rings. The van der Waals surface area contributed by atoms with Crippen LogP contribution in [0.5, 0.6) is 0 Å².